The smallest absolute Gasteiger partial charge is 0.312 e. The highest BCUT2D eigenvalue weighted by molar-refractivity contribution is 6.33. The summed E-state index contributed by atoms with van der Waals surface area (Å²) in [6.45, 7) is 3.22. The first-order valence-electron chi connectivity index (χ1n) is 8.51. The van der Waals surface area contributed by atoms with Crippen molar-refractivity contribution < 1.29 is 19.1 Å². The van der Waals surface area contributed by atoms with Crippen molar-refractivity contribution >= 4 is 35.1 Å². The summed E-state index contributed by atoms with van der Waals surface area (Å²) in [5.41, 5.74) is 0.589. The average molecular weight is 365 g/mol. The Bertz CT molecular complexity index is 687. The third kappa shape index (κ3) is 3.79. The molecule has 2 heterocycles. The molecular weight excluding hydrogens is 344 g/mol. The Balaban J connectivity index is 1.61. The Hall–Kier alpha value is -2.08. The predicted octanol–water partition coefficient (Wildman–Crippen LogP) is 2.25. The zero-order valence-electron chi connectivity index (χ0n) is 14.1. The van der Waals surface area contributed by atoms with Gasteiger partial charge in [-0.2, -0.15) is 0 Å². The Morgan fingerprint density at radius 2 is 1.92 bits per heavy atom. The highest BCUT2D eigenvalue weighted by Crippen LogP contribution is 2.31. The van der Waals surface area contributed by atoms with Crippen molar-refractivity contribution in [3.05, 3.63) is 29.3 Å². The molecule has 134 valence electrons. The van der Waals surface area contributed by atoms with Gasteiger partial charge in [0.15, 0.2) is 6.10 Å². The minimum atomic E-state index is -0.824. The highest BCUT2D eigenvalue weighted by Gasteiger charge is 2.38. The van der Waals surface area contributed by atoms with Crippen LogP contribution >= 0.6 is 11.6 Å². The maximum atomic E-state index is 12.4. The van der Waals surface area contributed by atoms with Crippen molar-refractivity contribution in [2.24, 2.45) is 5.92 Å². The Morgan fingerprint density at radius 3 is 2.60 bits per heavy atom. The fourth-order valence-electron chi connectivity index (χ4n) is 3.28. The number of benzene rings is 1. The van der Waals surface area contributed by atoms with E-state index in [0.717, 1.165) is 12.8 Å². The second-order valence-corrected chi connectivity index (χ2v) is 6.88. The average Bonchev–Trinajstić information content (AvgIpc) is 3.24. The molecule has 0 N–H and O–H groups in total. The van der Waals surface area contributed by atoms with Gasteiger partial charge in [-0.3, -0.25) is 14.4 Å². The maximum Gasteiger partial charge on any atom is 0.312 e. The minimum Gasteiger partial charge on any atom is -0.452 e. The van der Waals surface area contributed by atoms with E-state index in [1.54, 1.807) is 36.1 Å². The molecule has 0 radical (unpaired) electrons. The van der Waals surface area contributed by atoms with Crippen LogP contribution in [-0.4, -0.2) is 48.4 Å². The number of hydrogen-bond donors (Lipinski definition) is 0. The van der Waals surface area contributed by atoms with Crippen molar-refractivity contribution in [1.82, 2.24) is 4.90 Å². The van der Waals surface area contributed by atoms with E-state index >= 15 is 0 Å². The molecule has 1 aromatic rings. The van der Waals surface area contributed by atoms with Crippen molar-refractivity contribution in [2.75, 3.05) is 24.5 Å². The van der Waals surface area contributed by atoms with Gasteiger partial charge in [-0.15, -0.1) is 0 Å². The van der Waals surface area contributed by atoms with Crippen molar-refractivity contribution in [3.63, 3.8) is 0 Å². The molecule has 0 aromatic heterocycles. The van der Waals surface area contributed by atoms with Gasteiger partial charge in [-0.25, -0.2) is 0 Å². The summed E-state index contributed by atoms with van der Waals surface area (Å²) in [6, 6.07) is 7.01. The number of likely N-dealkylation sites (tertiary alicyclic amines) is 1. The lowest BCUT2D eigenvalue weighted by Gasteiger charge is -2.22. The van der Waals surface area contributed by atoms with E-state index in [1.807, 2.05) is 0 Å². The van der Waals surface area contributed by atoms with Gasteiger partial charge in [0.1, 0.15) is 0 Å². The van der Waals surface area contributed by atoms with Crippen molar-refractivity contribution in [2.45, 2.75) is 32.3 Å². The van der Waals surface area contributed by atoms with E-state index in [-0.39, 0.29) is 24.8 Å². The van der Waals surface area contributed by atoms with E-state index in [0.29, 0.717) is 23.8 Å². The standard InChI is InChI=1S/C18H21ClN2O4/c1-12(17(23)20-8-4-5-9-20)25-18(24)13-10-16(22)21(11-13)15-7-3-2-6-14(15)19/h2-3,6-7,12-13H,4-5,8-11H2,1H3/t12-,13-/m0/s1. The number of rotatable bonds is 4. The molecule has 2 aliphatic rings. The van der Waals surface area contributed by atoms with Gasteiger partial charge in [0.25, 0.3) is 5.91 Å². The number of hydrogen-bond acceptors (Lipinski definition) is 4. The molecule has 1 aromatic carbocycles. The molecule has 2 atom stereocenters. The van der Waals surface area contributed by atoms with Crippen LogP contribution in [0.1, 0.15) is 26.2 Å². The maximum absolute atomic E-state index is 12.4. The van der Waals surface area contributed by atoms with Gasteiger partial charge in [0.2, 0.25) is 5.91 Å². The van der Waals surface area contributed by atoms with Gasteiger partial charge < -0.3 is 14.5 Å². The SMILES string of the molecule is C[C@H](OC(=O)[C@H]1CC(=O)N(c2ccccc2Cl)C1)C(=O)N1CCCC1. The molecule has 6 nitrogen and oxygen atoms in total. The molecule has 2 saturated heterocycles. The quantitative estimate of drug-likeness (QED) is 0.768. The number of ether oxygens (including phenoxy) is 1. The van der Waals surface area contributed by atoms with Gasteiger partial charge in [0, 0.05) is 26.1 Å². The predicted molar refractivity (Wildman–Crippen MR) is 93.3 cm³/mol. The Kier molecular flexibility index (Phi) is 5.27. The third-order valence-electron chi connectivity index (χ3n) is 4.66. The monoisotopic (exact) mass is 364 g/mol. The highest BCUT2D eigenvalue weighted by atomic mass is 35.5. The number of nitrogens with zero attached hydrogens (tertiary/aromatic N) is 2. The number of amides is 2. The summed E-state index contributed by atoms with van der Waals surface area (Å²) < 4.78 is 5.33. The molecule has 0 spiro atoms. The number of para-hydroxylation sites is 1. The lowest BCUT2D eigenvalue weighted by atomic mass is 10.1. The molecule has 2 amide bonds. The fraction of sp³-hybridized carbons (Fsp3) is 0.500. The van der Waals surface area contributed by atoms with E-state index in [9.17, 15) is 14.4 Å². The summed E-state index contributed by atoms with van der Waals surface area (Å²) in [5.74, 6) is -1.44. The van der Waals surface area contributed by atoms with Gasteiger partial charge in [-0.05, 0) is 31.9 Å². The van der Waals surface area contributed by atoms with Crippen molar-refractivity contribution in [1.29, 1.82) is 0 Å². The lowest BCUT2D eigenvalue weighted by molar-refractivity contribution is -0.161. The van der Waals surface area contributed by atoms with E-state index < -0.39 is 18.0 Å². The molecule has 2 aliphatic heterocycles. The second-order valence-electron chi connectivity index (χ2n) is 6.47. The van der Waals surface area contributed by atoms with Crippen LogP contribution in [0.5, 0.6) is 0 Å². The summed E-state index contributed by atoms with van der Waals surface area (Å²) in [5, 5.41) is 0.461. The van der Waals surface area contributed by atoms with Crippen LogP contribution in [0.4, 0.5) is 5.69 Å². The fourth-order valence-corrected chi connectivity index (χ4v) is 3.52. The summed E-state index contributed by atoms with van der Waals surface area (Å²) in [6.07, 6.45) is 1.21. The molecule has 0 aliphatic carbocycles. The van der Waals surface area contributed by atoms with Crippen LogP contribution < -0.4 is 4.90 Å². The lowest BCUT2D eigenvalue weighted by Crippen LogP contribution is -2.39. The molecule has 3 rings (SSSR count). The first-order chi connectivity index (χ1) is 12.0. The molecule has 25 heavy (non-hydrogen) atoms. The topological polar surface area (TPSA) is 66.9 Å². The first-order valence-corrected chi connectivity index (χ1v) is 8.89. The molecule has 7 heteroatoms. The second kappa shape index (κ2) is 7.44. The molecule has 0 unspecified atom stereocenters. The van der Waals surface area contributed by atoms with Crippen LogP contribution in [-0.2, 0) is 19.1 Å². The van der Waals surface area contributed by atoms with Gasteiger partial charge in [0.05, 0.1) is 16.6 Å². The summed E-state index contributed by atoms with van der Waals surface area (Å²) in [4.78, 5) is 40.1. The number of anilines is 1. The van der Waals surface area contributed by atoms with E-state index in [1.165, 1.54) is 4.90 Å². The van der Waals surface area contributed by atoms with Crippen LogP contribution in [0.3, 0.4) is 0 Å². The Labute approximate surface area is 151 Å². The molecule has 0 saturated carbocycles. The third-order valence-corrected chi connectivity index (χ3v) is 4.98. The summed E-state index contributed by atoms with van der Waals surface area (Å²) in [7, 11) is 0. The first kappa shape index (κ1) is 17.7. The van der Waals surface area contributed by atoms with E-state index in [2.05, 4.69) is 0 Å². The Morgan fingerprint density at radius 1 is 1.24 bits per heavy atom. The van der Waals surface area contributed by atoms with Crippen LogP contribution in [0.25, 0.3) is 0 Å². The molecular formula is C18H21ClN2O4. The normalized spacial score (nSPS) is 21.5. The largest absolute Gasteiger partial charge is 0.452 e. The zero-order valence-corrected chi connectivity index (χ0v) is 14.9. The van der Waals surface area contributed by atoms with Gasteiger partial charge >= 0.3 is 5.97 Å². The van der Waals surface area contributed by atoms with Crippen molar-refractivity contribution in [3.8, 4) is 0 Å². The van der Waals surface area contributed by atoms with Crippen LogP contribution in [0.15, 0.2) is 24.3 Å². The molecule has 0 bridgehead atoms. The number of carbonyl (C=O) groups excluding carboxylic acids is 3. The minimum absolute atomic E-state index is 0.0642. The number of halogens is 1. The summed E-state index contributed by atoms with van der Waals surface area (Å²) >= 11 is 6.14. The van der Waals surface area contributed by atoms with Crippen LogP contribution in [0, 0.1) is 5.92 Å². The molecule has 2 fully saturated rings. The van der Waals surface area contributed by atoms with E-state index in [4.69, 9.17) is 16.3 Å². The number of esters is 1. The van der Waals surface area contributed by atoms with Crippen LogP contribution in [0.2, 0.25) is 5.02 Å². The van der Waals surface area contributed by atoms with Gasteiger partial charge in [-0.1, -0.05) is 23.7 Å². The zero-order chi connectivity index (χ0) is 18.0. The number of carbonyl (C=O) groups is 3.